The van der Waals surface area contributed by atoms with Gasteiger partial charge >= 0.3 is 12.4 Å². The van der Waals surface area contributed by atoms with Crippen molar-refractivity contribution in [3.8, 4) is 0 Å². The third-order valence-electron chi connectivity index (χ3n) is 3.53. The number of nitrogens with zero attached hydrogens (tertiary/aromatic N) is 3. The molecule has 0 saturated carbocycles. The topological polar surface area (TPSA) is 50.7 Å². The molecule has 26 heavy (non-hydrogen) atoms. The van der Waals surface area contributed by atoms with E-state index in [9.17, 15) is 26.3 Å². The summed E-state index contributed by atoms with van der Waals surface area (Å²) in [5.74, 6) is -0.118. The van der Waals surface area contributed by atoms with Crippen LogP contribution in [0.25, 0.3) is 12.2 Å². The lowest BCUT2D eigenvalue weighted by Gasteiger charge is -2.08. The maximum atomic E-state index is 12.9. The van der Waals surface area contributed by atoms with Gasteiger partial charge in [-0.05, 0) is 18.6 Å². The molecule has 0 radical (unpaired) electrons. The molecule has 136 valence electrons. The van der Waals surface area contributed by atoms with Crippen LogP contribution in [0, 0.1) is 0 Å². The number of allylic oxidation sites excluding steroid dienone is 2. The zero-order chi connectivity index (χ0) is 18.9. The number of hydrogen-bond donors (Lipinski definition) is 1. The Kier molecular flexibility index (Phi) is 4.43. The van der Waals surface area contributed by atoms with Gasteiger partial charge in [-0.25, -0.2) is 9.97 Å². The minimum atomic E-state index is -4.56. The predicted molar refractivity (Wildman–Crippen MR) is 81.5 cm³/mol. The van der Waals surface area contributed by atoms with E-state index in [-0.39, 0.29) is 17.7 Å². The van der Waals surface area contributed by atoms with Crippen molar-refractivity contribution in [3.63, 3.8) is 0 Å². The maximum Gasteiger partial charge on any atom is 0.419 e. The lowest BCUT2D eigenvalue weighted by Crippen LogP contribution is -2.31. The fourth-order valence-corrected chi connectivity index (χ4v) is 2.29. The van der Waals surface area contributed by atoms with Crippen LogP contribution in [-0.2, 0) is 6.18 Å². The second kappa shape index (κ2) is 6.43. The number of aromatic nitrogens is 3. The number of nitrogens with one attached hydrogen (secondary N) is 1. The highest BCUT2D eigenvalue weighted by atomic mass is 19.4. The lowest BCUT2D eigenvalue weighted by atomic mass is 10.2. The molecule has 1 aliphatic rings. The molecule has 2 heterocycles. The summed E-state index contributed by atoms with van der Waals surface area (Å²) in [5.41, 5.74) is -1.48. The molecule has 1 aliphatic carbocycles. The smallest absolute Gasteiger partial charge is 0.323 e. The van der Waals surface area contributed by atoms with Crippen LogP contribution in [0.15, 0.2) is 36.3 Å². The molecule has 0 saturated heterocycles. The summed E-state index contributed by atoms with van der Waals surface area (Å²) >= 11 is 0. The van der Waals surface area contributed by atoms with Crippen molar-refractivity contribution < 1.29 is 26.3 Å². The fraction of sp³-hybridized carbons (Fsp3) is 0.188. The molecule has 0 aliphatic heterocycles. The van der Waals surface area contributed by atoms with Crippen molar-refractivity contribution in [3.05, 3.63) is 52.4 Å². The average molecular weight is 372 g/mol. The van der Waals surface area contributed by atoms with E-state index >= 15 is 0 Å². The van der Waals surface area contributed by atoms with E-state index < -0.39 is 23.5 Å². The molecule has 0 unspecified atom stereocenters. The Morgan fingerprint density at radius 1 is 0.885 bits per heavy atom. The third kappa shape index (κ3) is 3.84. The van der Waals surface area contributed by atoms with Crippen LogP contribution in [0.3, 0.4) is 0 Å². The van der Waals surface area contributed by atoms with E-state index in [0.717, 1.165) is 12.2 Å². The first kappa shape index (κ1) is 17.9. The van der Waals surface area contributed by atoms with Gasteiger partial charge in [0.1, 0.15) is 0 Å². The number of anilines is 2. The van der Waals surface area contributed by atoms with Gasteiger partial charge in [-0.15, -0.1) is 0 Å². The van der Waals surface area contributed by atoms with Crippen molar-refractivity contribution in [2.24, 2.45) is 0 Å². The summed E-state index contributed by atoms with van der Waals surface area (Å²) in [6.07, 6.45) is -3.04. The Labute approximate surface area is 142 Å². The molecule has 0 amide bonds. The number of halogens is 6. The standard InChI is InChI=1S/C16H10F6N4/c17-15(18,19)9-2-1-3-11-12(4-5-23-13(11)6-9)26-14-24-7-10(8-25-14)16(20,21)22/h2-8H,1H2,(H,24,25,26). The molecule has 0 aromatic carbocycles. The van der Waals surface area contributed by atoms with Crippen molar-refractivity contribution in [1.82, 2.24) is 15.0 Å². The Hall–Kier alpha value is -2.91. The fourth-order valence-electron chi connectivity index (χ4n) is 2.29. The van der Waals surface area contributed by atoms with Crippen molar-refractivity contribution in [2.45, 2.75) is 18.8 Å². The first-order chi connectivity index (χ1) is 12.1. The molecule has 0 bridgehead atoms. The first-order valence-corrected chi connectivity index (χ1v) is 7.25. The number of alkyl halides is 6. The molecular weight excluding hydrogens is 362 g/mol. The third-order valence-corrected chi connectivity index (χ3v) is 3.53. The summed E-state index contributed by atoms with van der Waals surface area (Å²) in [4.78, 5) is 11.1. The molecule has 3 rings (SSSR count). The van der Waals surface area contributed by atoms with Crippen LogP contribution in [0.1, 0.15) is 12.0 Å². The monoisotopic (exact) mass is 372 g/mol. The van der Waals surface area contributed by atoms with Crippen molar-refractivity contribution in [2.75, 3.05) is 5.32 Å². The first-order valence-electron chi connectivity index (χ1n) is 7.25. The summed E-state index contributed by atoms with van der Waals surface area (Å²) < 4.78 is 76.4. The Bertz CT molecular complexity index is 958. The molecule has 0 fully saturated rings. The number of pyridine rings is 1. The van der Waals surface area contributed by atoms with E-state index in [4.69, 9.17) is 0 Å². The highest BCUT2D eigenvalue weighted by Gasteiger charge is 2.32. The zero-order valence-corrected chi connectivity index (χ0v) is 12.9. The van der Waals surface area contributed by atoms with Gasteiger partial charge in [0, 0.05) is 23.8 Å². The SMILES string of the molecule is FC(F)(F)C1=CCC=c2c(Nc3ncc(C(F)(F)F)cn3)ccnc2=C1. The van der Waals surface area contributed by atoms with Gasteiger partial charge in [-0.3, -0.25) is 4.98 Å². The van der Waals surface area contributed by atoms with Gasteiger partial charge in [0.2, 0.25) is 5.95 Å². The summed E-state index contributed by atoms with van der Waals surface area (Å²) in [5, 5.41) is 3.17. The van der Waals surface area contributed by atoms with Crippen LogP contribution in [0.5, 0.6) is 0 Å². The van der Waals surface area contributed by atoms with Crippen LogP contribution in [-0.4, -0.2) is 21.1 Å². The minimum absolute atomic E-state index is 0.0204. The molecular formula is C16H10F6N4. The van der Waals surface area contributed by atoms with Crippen LogP contribution in [0.2, 0.25) is 0 Å². The van der Waals surface area contributed by atoms with Gasteiger partial charge in [-0.2, -0.15) is 26.3 Å². The second-order valence-corrected chi connectivity index (χ2v) is 5.32. The molecule has 0 atom stereocenters. The maximum absolute atomic E-state index is 12.9. The van der Waals surface area contributed by atoms with E-state index in [2.05, 4.69) is 20.3 Å². The van der Waals surface area contributed by atoms with E-state index in [1.165, 1.54) is 18.3 Å². The van der Waals surface area contributed by atoms with Gasteiger partial charge in [-0.1, -0.05) is 12.2 Å². The Morgan fingerprint density at radius 3 is 2.19 bits per heavy atom. The molecule has 4 nitrogen and oxygen atoms in total. The largest absolute Gasteiger partial charge is 0.419 e. The molecule has 10 heteroatoms. The highest BCUT2D eigenvalue weighted by Crippen LogP contribution is 2.28. The molecule has 2 aromatic heterocycles. The molecule has 2 aromatic rings. The summed E-state index contributed by atoms with van der Waals surface area (Å²) in [6.45, 7) is 0. The lowest BCUT2D eigenvalue weighted by molar-refractivity contribution is -0.138. The van der Waals surface area contributed by atoms with Gasteiger partial charge in [0.15, 0.2) is 0 Å². The minimum Gasteiger partial charge on any atom is -0.323 e. The molecule has 1 N–H and O–H groups in total. The van der Waals surface area contributed by atoms with Gasteiger partial charge in [0.05, 0.1) is 22.2 Å². The van der Waals surface area contributed by atoms with E-state index in [1.807, 2.05) is 0 Å². The van der Waals surface area contributed by atoms with Crippen LogP contribution >= 0.6 is 0 Å². The normalized spacial score (nSPS) is 14.5. The van der Waals surface area contributed by atoms with Crippen LogP contribution < -0.4 is 15.9 Å². The van der Waals surface area contributed by atoms with E-state index in [1.54, 1.807) is 0 Å². The van der Waals surface area contributed by atoms with Crippen molar-refractivity contribution >= 4 is 23.8 Å². The predicted octanol–water partition coefficient (Wildman–Crippen LogP) is 3.09. The number of hydrogen-bond acceptors (Lipinski definition) is 4. The van der Waals surface area contributed by atoms with Gasteiger partial charge in [0.25, 0.3) is 0 Å². The van der Waals surface area contributed by atoms with Crippen LogP contribution in [0.4, 0.5) is 38.0 Å². The zero-order valence-electron chi connectivity index (χ0n) is 12.9. The number of fused-ring (bicyclic) bond motifs is 1. The summed E-state index contributed by atoms with van der Waals surface area (Å²) in [7, 11) is 0. The van der Waals surface area contributed by atoms with Gasteiger partial charge < -0.3 is 5.32 Å². The second-order valence-electron chi connectivity index (χ2n) is 5.32. The Morgan fingerprint density at radius 2 is 1.58 bits per heavy atom. The van der Waals surface area contributed by atoms with E-state index in [0.29, 0.717) is 23.3 Å². The quantitative estimate of drug-likeness (QED) is 0.824. The van der Waals surface area contributed by atoms with Crippen molar-refractivity contribution in [1.29, 1.82) is 0 Å². The average Bonchev–Trinajstić information content (AvgIpc) is 2.77. The number of rotatable bonds is 2. The highest BCUT2D eigenvalue weighted by molar-refractivity contribution is 5.60. The Balaban J connectivity index is 1.96. The molecule has 0 spiro atoms. The summed E-state index contributed by atoms with van der Waals surface area (Å²) in [6, 6.07) is 1.47.